The van der Waals surface area contributed by atoms with Gasteiger partial charge in [-0.2, -0.15) is 0 Å². The van der Waals surface area contributed by atoms with Gasteiger partial charge < -0.3 is 10.6 Å². The highest BCUT2D eigenvalue weighted by atomic mass is 79.9. The standard InChI is InChI=1S/C19H21BrN2O2/c1-12-8-9-15(10-13(12)2)19(24)21-11-18(23)22-14(3)16-6-4-5-7-17(16)20/h4-10,14H,11H2,1-3H3,(H,21,24)(H,22,23)/t14-/m0/s1. The van der Waals surface area contributed by atoms with Crippen LogP contribution in [0.5, 0.6) is 0 Å². The van der Waals surface area contributed by atoms with Crippen molar-refractivity contribution in [1.82, 2.24) is 10.6 Å². The van der Waals surface area contributed by atoms with Crippen LogP contribution in [0.4, 0.5) is 0 Å². The van der Waals surface area contributed by atoms with E-state index in [0.717, 1.165) is 21.2 Å². The Labute approximate surface area is 150 Å². The van der Waals surface area contributed by atoms with E-state index in [1.165, 1.54) is 0 Å². The number of carbonyl (C=O) groups is 2. The van der Waals surface area contributed by atoms with E-state index in [2.05, 4.69) is 26.6 Å². The van der Waals surface area contributed by atoms with Crippen LogP contribution >= 0.6 is 15.9 Å². The van der Waals surface area contributed by atoms with Gasteiger partial charge in [0.25, 0.3) is 5.91 Å². The third-order valence-electron chi connectivity index (χ3n) is 3.93. The van der Waals surface area contributed by atoms with Crippen molar-refractivity contribution in [1.29, 1.82) is 0 Å². The van der Waals surface area contributed by atoms with Gasteiger partial charge in [0.05, 0.1) is 12.6 Å². The Morgan fingerprint density at radius 2 is 1.79 bits per heavy atom. The summed E-state index contributed by atoms with van der Waals surface area (Å²) in [7, 11) is 0. The smallest absolute Gasteiger partial charge is 0.251 e. The molecule has 126 valence electrons. The van der Waals surface area contributed by atoms with Crippen molar-refractivity contribution in [2.24, 2.45) is 0 Å². The molecule has 2 amide bonds. The first-order valence-corrected chi connectivity index (χ1v) is 8.57. The third-order valence-corrected chi connectivity index (χ3v) is 4.65. The van der Waals surface area contributed by atoms with Crippen LogP contribution in [0.15, 0.2) is 46.9 Å². The fourth-order valence-electron chi connectivity index (χ4n) is 2.34. The van der Waals surface area contributed by atoms with E-state index >= 15 is 0 Å². The van der Waals surface area contributed by atoms with Gasteiger partial charge >= 0.3 is 0 Å². The number of carbonyl (C=O) groups excluding carboxylic acids is 2. The average Bonchev–Trinajstić information content (AvgIpc) is 2.55. The highest BCUT2D eigenvalue weighted by Gasteiger charge is 2.13. The van der Waals surface area contributed by atoms with Crippen molar-refractivity contribution in [3.8, 4) is 0 Å². The molecule has 4 nitrogen and oxygen atoms in total. The van der Waals surface area contributed by atoms with Crippen molar-refractivity contribution in [2.45, 2.75) is 26.8 Å². The van der Waals surface area contributed by atoms with Gasteiger partial charge in [0.1, 0.15) is 0 Å². The van der Waals surface area contributed by atoms with Crippen LogP contribution in [-0.4, -0.2) is 18.4 Å². The maximum atomic E-state index is 12.1. The summed E-state index contributed by atoms with van der Waals surface area (Å²) < 4.78 is 0.942. The molecule has 2 aromatic rings. The van der Waals surface area contributed by atoms with E-state index < -0.39 is 0 Å². The summed E-state index contributed by atoms with van der Waals surface area (Å²) in [5.41, 5.74) is 3.73. The highest BCUT2D eigenvalue weighted by molar-refractivity contribution is 9.10. The molecule has 2 rings (SSSR count). The first-order chi connectivity index (χ1) is 11.4. The lowest BCUT2D eigenvalue weighted by molar-refractivity contribution is -0.120. The average molecular weight is 389 g/mol. The third kappa shape index (κ3) is 4.68. The monoisotopic (exact) mass is 388 g/mol. The molecule has 1 atom stereocenters. The molecule has 0 saturated heterocycles. The van der Waals surface area contributed by atoms with E-state index in [1.54, 1.807) is 6.07 Å². The number of amides is 2. The SMILES string of the molecule is Cc1ccc(C(=O)NCC(=O)N[C@@H](C)c2ccccc2Br)cc1C. The summed E-state index contributed by atoms with van der Waals surface area (Å²) in [6.07, 6.45) is 0. The Morgan fingerprint density at radius 3 is 2.46 bits per heavy atom. The summed E-state index contributed by atoms with van der Waals surface area (Å²) >= 11 is 3.47. The fraction of sp³-hybridized carbons (Fsp3) is 0.263. The van der Waals surface area contributed by atoms with Gasteiger partial charge in [0.15, 0.2) is 0 Å². The van der Waals surface area contributed by atoms with Crippen molar-refractivity contribution >= 4 is 27.7 Å². The molecule has 0 bridgehead atoms. The molecule has 0 spiro atoms. The van der Waals surface area contributed by atoms with Gasteiger partial charge in [-0.1, -0.05) is 40.2 Å². The van der Waals surface area contributed by atoms with E-state index in [9.17, 15) is 9.59 Å². The van der Waals surface area contributed by atoms with Crippen LogP contribution in [0.2, 0.25) is 0 Å². The van der Waals surface area contributed by atoms with Crippen LogP contribution in [0, 0.1) is 13.8 Å². The first kappa shape index (κ1) is 18.2. The zero-order valence-electron chi connectivity index (χ0n) is 14.0. The number of aryl methyl sites for hydroxylation is 2. The molecule has 0 fully saturated rings. The summed E-state index contributed by atoms with van der Waals surface area (Å²) in [5, 5.41) is 5.53. The largest absolute Gasteiger partial charge is 0.348 e. The molecule has 2 aromatic carbocycles. The normalized spacial score (nSPS) is 11.7. The van der Waals surface area contributed by atoms with Gasteiger partial charge in [-0.3, -0.25) is 9.59 Å². The Balaban J connectivity index is 1.89. The maximum Gasteiger partial charge on any atom is 0.251 e. The number of halogens is 1. The lowest BCUT2D eigenvalue weighted by atomic mass is 10.1. The van der Waals surface area contributed by atoms with Crippen LogP contribution in [0.3, 0.4) is 0 Å². The molecule has 0 aliphatic carbocycles. The van der Waals surface area contributed by atoms with Gasteiger partial charge in [-0.15, -0.1) is 0 Å². The fourth-order valence-corrected chi connectivity index (χ4v) is 2.97. The Bertz CT molecular complexity index is 759. The summed E-state index contributed by atoms with van der Waals surface area (Å²) in [5.74, 6) is -0.475. The molecule has 24 heavy (non-hydrogen) atoms. The molecule has 0 unspecified atom stereocenters. The Kier molecular flexibility index (Phi) is 6.15. The van der Waals surface area contributed by atoms with Crippen molar-refractivity contribution in [2.75, 3.05) is 6.54 Å². The van der Waals surface area contributed by atoms with Gasteiger partial charge in [0.2, 0.25) is 5.91 Å². The second-order valence-electron chi connectivity index (χ2n) is 5.79. The van der Waals surface area contributed by atoms with E-state index in [-0.39, 0.29) is 24.4 Å². The van der Waals surface area contributed by atoms with Crippen molar-refractivity contribution in [3.05, 3.63) is 69.2 Å². The van der Waals surface area contributed by atoms with Crippen LogP contribution < -0.4 is 10.6 Å². The topological polar surface area (TPSA) is 58.2 Å². The molecule has 2 N–H and O–H groups in total. The number of nitrogens with one attached hydrogen (secondary N) is 2. The number of hydrogen-bond donors (Lipinski definition) is 2. The molecule has 0 aliphatic heterocycles. The van der Waals surface area contributed by atoms with Gasteiger partial charge in [-0.05, 0) is 55.7 Å². The molecule has 0 aromatic heterocycles. The molecular formula is C19H21BrN2O2. The Morgan fingerprint density at radius 1 is 1.08 bits per heavy atom. The lowest BCUT2D eigenvalue weighted by Crippen LogP contribution is -2.38. The maximum absolute atomic E-state index is 12.1. The second-order valence-corrected chi connectivity index (χ2v) is 6.65. The summed E-state index contributed by atoms with van der Waals surface area (Å²) in [6, 6.07) is 13.1. The van der Waals surface area contributed by atoms with E-state index in [0.29, 0.717) is 5.56 Å². The van der Waals surface area contributed by atoms with Crippen molar-refractivity contribution < 1.29 is 9.59 Å². The molecule has 0 heterocycles. The minimum atomic E-state index is -0.248. The first-order valence-electron chi connectivity index (χ1n) is 7.77. The lowest BCUT2D eigenvalue weighted by Gasteiger charge is -2.16. The quantitative estimate of drug-likeness (QED) is 0.820. The predicted octanol–water partition coefficient (Wildman–Crippen LogP) is 3.67. The minimum absolute atomic E-state index is 0.0550. The number of hydrogen-bond acceptors (Lipinski definition) is 2. The van der Waals surface area contributed by atoms with Crippen molar-refractivity contribution in [3.63, 3.8) is 0 Å². The number of benzene rings is 2. The molecule has 0 radical (unpaired) electrons. The second kappa shape index (κ2) is 8.11. The highest BCUT2D eigenvalue weighted by Crippen LogP contribution is 2.22. The summed E-state index contributed by atoms with van der Waals surface area (Å²) in [4.78, 5) is 24.2. The van der Waals surface area contributed by atoms with E-state index in [1.807, 2.05) is 57.2 Å². The van der Waals surface area contributed by atoms with E-state index in [4.69, 9.17) is 0 Å². The molecule has 0 aliphatic rings. The van der Waals surface area contributed by atoms with Crippen LogP contribution in [0.25, 0.3) is 0 Å². The summed E-state index contributed by atoms with van der Waals surface area (Å²) in [6.45, 7) is 5.80. The molecule has 5 heteroatoms. The zero-order valence-corrected chi connectivity index (χ0v) is 15.6. The zero-order chi connectivity index (χ0) is 17.7. The number of rotatable bonds is 5. The van der Waals surface area contributed by atoms with Crippen LogP contribution in [0.1, 0.15) is 40.0 Å². The van der Waals surface area contributed by atoms with Gasteiger partial charge in [-0.25, -0.2) is 0 Å². The predicted molar refractivity (Wildman–Crippen MR) is 98.9 cm³/mol. The van der Waals surface area contributed by atoms with Gasteiger partial charge in [0, 0.05) is 10.0 Å². The van der Waals surface area contributed by atoms with Crippen LogP contribution in [-0.2, 0) is 4.79 Å². The molecular weight excluding hydrogens is 368 g/mol. The minimum Gasteiger partial charge on any atom is -0.348 e. The Hall–Kier alpha value is -2.14. The molecule has 0 saturated carbocycles.